The van der Waals surface area contributed by atoms with E-state index in [-0.39, 0.29) is 12.3 Å². The molecule has 3 heterocycles. The zero-order valence-corrected chi connectivity index (χ0v) is 14.6. The van der Waals surface area contributed by atoms with Crippen molar-refractivity contribution in [1.29, 1.82) is 0 Å². The molecule has 2 aromatic heterocycles. The molecule has 1 aliphatic rings. The van der Waals surface area contributed by atoms with Crippen molar-refractivity contribution >= 4 is 11.8 Å². The summed E-state index contributed by atoms with van der Waals surface area (Å²) < 4.78 is 0. The first-order chi connectivity index (χ1) is 12.0. The van der Waals surface area contributed by atoms with Crippen molar-refractivity contribution in [3.63, 3.8) is 0 Å². The zero-order valence-electron chi connectivity index (χ0n) is 14.6. The summed E-state index contributed by atoms with van der Waals surface area (Å²) in [6.07, 6.45) is 4.21. The summed E-state index contributed by atoms with van der Waals surface area (Å²) in [5, 5.41) is 8.88. The Morgan fingerprint density at radius 1 is 1.24 bits per heavy atom. The van der Waals surface area contributed by atoms with Gasteiger partial charge in [0.1, 0.15) is 18.0 Å². The molecule has 0 amide bonds. The van der Waals surface area contributed by atoms with Crippen molar-refractivity contribution in [2.45, 2.75) is 45.4 Å². The molecule has 0 aliphatic carbocycles. The number of nitrogens with zero attached hydrogens (tertiary/aromatic N) is 5. The van der Waals surface area contributed by atoms with E-state index in [1.165, 1.54) is 0 Å². The Morgan fingerprint density at radius 2 is 2.08 bits per heavy atom. The van der Waals surface area contributed by atoms with Crippen LogP contribution in [0.4, 0.5) is 5.82 Å². The summed E-state index contributed by atoms with van der Waals surface area (Å²) in [5.41, 5.74) is 2.65. The highest BCUT2D eigenvalue weighted by Crippen LogP contribution is 2.27. The summed E-state index contributed by atoms with van der Waals surface area (Å²) >= 11 is 0. The lowest BCUT2D eigenvalue weighted by Crippen LogP contribution is -2.35. The standard InChI is InChI=1S/C18H23N5O2/c1-12-9-16(20-11-19-12)23-7-3-4-14(10-23)18-21-13(2)8-15(22-18)5-6-17(24)25/h8-9,11,14H,3-7,10H2,1-2H3,(H,24,25). The number of carbonyl (C=O) groups is 1. The van der Waals surface area contributed by atoms with Gasteiger partial charge in [-0.2, -0.15) is 0 Å². The van der Waals surface area contributed by atoms with E-state index in [9.17, 15) is 4.79 Å². The van der Waals surface area contributed by atoms with Gasteiger partial charge in [-0.15, -0.1) is 0 Å². The van der Waals surface area contributed by atoms with E-state index >= 15 is 0 Å². The lowest BCUT2D eigenvalue weighted by molar-refractivity contribution is -0.136. The number of piperidine rings is 1. The maximum absolute atomic E-state index is 10.8. The number of anilines is 1. The molecule has 7 heteroatoms. The van der Waals surface area contributed by atoms with Gasteiger partial charge in [0.2, 0.25) is 0 Å². The van der Waals surface area contributed by atoms with E-state index in [0.29, 0.717) is 6.42 Å². The van der Waals surface area contributed by atoms with Crippen LogP contribution < -0.4 is 4.90 Å². The van der Waals surface area contributed by atoms with Crippen molar-refractivity contribution in [3.05, 3.63) is 41.4 Å². The first-order valence-electron chi connectivity index (χ1n) is 8.61. The van der Waals surface area contributed by atoms with Gasteiger partial charge < -0.3 is 10.0 Å². The van der Waals surface area contributed by atoms with Gasteiger partial charge >= 0.3 is 5.97 Å². The molecule has 1 fully saturated rings. The lowest BCUT2D eigenvalue weighted by Gasteiger charge is -2.33. The average Bonchev–Trinajstić information content (AvgIpc) is 2.60. The number of aromatic nitrogens is 4. The minimum absolute atomic E-state index is 0.0902. The molecule has 7 nitrogen and oxygen atoms in total. The van der Waals surface area contributed by atoms with Crippen LogP contribution in [0.3, 0.4) is 0 Å². The van der Waals surface area contributed by atoms with Crippen molar-refractivity contribution in [3.8, 4) is 0 Å². The molecule has 1 unspecified atom stereocenters. The second-order valence-corrected chi connectivity index (χ2v) is 6.56. The molecule has 0 radical (unpaired) electrons. The van der Waals surface area contributed by atoms with Gasteiger partial charge in [0.25, 0.3) is 0 Å². The van der Waals surface area contributed by atoms with Crippen molar-refractivity contribution < 1.29 is 9.90 Å². The third kappa shape index (κ3) is 4.49. The van der Waals surface area contributed by atoms with Crippen LogP contribution in [-0.2, 0) is 11.2 Å². The molecule has 1 saturated heterocycles. The lowest BCUT2D eigenvalue weighted by atomic mass is 9.96. The minimum Gasteiger partial charge on any atom is -0.481 e. The average molecular weight is 341 g/mol. The second-order valence-electron chi connectivity index (χ2n) is 6.56. The number of hydrogen-bond donors (Lipinski definition) is 1. The van der Waals surface area contributed by atoms with E-state index in [4.69, 9.17) is 5.11 Å². The molecule has 1 aliphatic heterocycles. The SMILES string of the molecule is Cc1cc(N2CCCC(c3nc(C)cc(CCC(=O)O)n3)C2)ncn1. The summed E-state index contributed by atoms with van der Waals surface area (Å²) in [4.78, 5) is 30.9. The van der Waals surface area contributed by atoms with Crippen LogP contribution in [0.15, 0.2) is 18.5 Å². The molecule has 1 N–H and O–H groups in total. The van der Waals surface area contributed by atoms with Crippen LogP contribution in [0, 0.1) is 13.8 Å². The van der Waals surface area contributed by atoms with Crippen LogP contribution >= 0.6 is 0 Å². The fourth-order valence-electron chi connectivity index (χ4n) is 3.21. The molecule has 2 aromatic rings. The number of rotatable bonds is 5. The number of hydrogen-bond acceptors (Lipinski definition) is 6. The Kier molecular flexibility index (Phi) is 5.21. The fourth-order valence-corrected chi connectivity index (χ4v) is 3.21. The summed E-state index contributed by atoms with van der Waals surface area (Å²) in [5.74, 6) is 1.18. The number of aryl methyl sites for hydroxylation is 3. The van der Waals surface area contributed by atoms with Gasteiger partial charge in [0.05, 0.1) is 6.42 Å². The van der Waals surface area contributed by atoms with Crippen molar-refractivity contribution in [2.24, 2.45) is 0 Å². The maximum Gasteiger partial charge on any atom is 0.303 e. The third-order valence-electron chi connectivity index (χ3n) is 4.42. The van der Waals surface area contributed by atoms with Crippen molar-refractivity contribution in [1.82, 2.24) is 19.9 Å². The topological polar surface area (TPSA) is 92.1 Å². The normalized spacial score (nSPS) is 17.5. The third-order valence-corrected chi connectivity index (χ3v) is 4.42. The van der Waals surface area contributed by atoms with E-state index in [2.05, 4.69) is 24.8 Å². The summed E-state index contributed by atoms with van der Waals surface area (Å²) in [7, 11) is 0. The number of carboxylic acid groups (broad SMARTS) is 1. The Balaban J connectivity index is 1.77. The van der Waals surface area contributed by atoms with E-state index in [1.807, 2.05) is 26.0 Å². The molecular formula is C18H23N5O2. The largest absolute Gasteiger partial charge is 0.481 e. The van der Waals surface area contributed by atoms with E-state index < -0.39 is 5.97 Å². The van der Waals surface area contributed by atoms with Crippen LogP contribution in [0.5, 0.6) is 0 Å². The first-order valence-corrected chi connectivity index (χ1v) is 8.61. The second kappa shape index (κ2) is 7.55. The molecule has 0 spiro atoms. The van der Waals surface area contributed by atoms with Crippen LogP contribution in [0.25, 0.3) is 0 Å². The molecule has 0 bridgehead atoms. The molecule has 3 rings (SSSR count). The predicted octanol–water partition coefficient (Wildman–Crippen LogP) is 2.28. The first kappa shape index (κ1) is 17.3. The van der Waals surface area contributed by atoms with Gasteiger partial charge in [-0.3, -0.25) is 4.79 Å². The van der Waals surface area contributed by atoms with E-state index in [1.54, 1.807) is 6.33 Å². The fraction of sp³-hybridized carbons (Fsp3) is 0.500. The predicted molar refractivity (Wildman–Crippen MR) is 93.7 cm³/mol. The Labute approximate surface area is 147 Å². The molecule has 0 aromatic carbocycles. The Hall–Kier alpha value is -2.57. The molecule has 25 heavy (non-hydrogen) atoms. The van der Waals surface area contributed by atoms with Crippen LogP contribution in [-0.4, -0.2) is 44.1 Å². The minimum atomic E-state index is -0.805. The van der Waals surface area contributed by atoms with Gasteiger partial charge in [0, 0.05) is 48.6 Å². The summed E-state index contributed by atoms with van der Waals surface area (Å²) in [6.45, 7) is 5.68. The van der Waals surface area contributed by atoms with Crippen LogP contribution in [0.1, 0.15) is 48.1 Å². The molecular weight excluding hydrogens is 318 g/mol. The number of carboxylic acids is 1. The van der Waals surface area contributed by atoms with Gasteiger partial charge in [0.15, 0.2) is 0 Å². The highest BCUT2D eigenvalue weighted by atomic mass is 16.4. The van der Waals surface area contributed by atoms with E-state index in [0.717, 1.165) is 54.7 Å². The Bertz CT molecular complexity index is 765. The quantitative estimate of drug-likeness (QED) is 0.892. The monoisotopic (exact) mass is 341 g/mol. The smallest absolute Gasteiger partial charge is 0.303 e. The highest BCUT2D eigenvalue weighted by Gasteiger charge is 2.25. The van der Waals surface area contributed by atoms with Gasteiger partial charge in [-0.25, -0.2) is 19.9 Å². The van der Waals surface area contributed by atoms with Crippen LogP contribution in [0.2, 0.25) is 0 Å². The molecule has 0 saturated carbocycles. The number of aliphatic carboxylic acids is 1. The highest BCUT2D eigenvalue weighted by molar-refractivity contribution is 5.66. The van der Waals surface area contributed by atoms with Gasteiger partial charge in [-0.05, 0) is 32.8 Å². The summed E-state index contributed by atoms with van der Waals surface area (Å²) in [6, 6.07) is 3.87. The molecule has 1 atom stereocenters. The maximum atomic E-state index is 10.8. The van der Waals surface area contributed by atoms with Gasteiger partial charge in [-0.1, -0.05) is 0 Å². The van der Waals surface area contributed by atoms with Crippen molar-refractivity contribution in [2.75, 3.05) is 18.0 Å². The molecule has 132 valence electrons. The zero-order chi connectivity index (χ0) is 17.8. The Morgan fingerprint density at radius 3 is 2.84 bits per heavy atom.